The van der Waals surface area contributed by atoms with Gasteiger partial charge in [-0.1, -0.05) is 158 Å². The van der Waals surface area contributed by atoms with Crippen molar-refractivity contribution in [2.45, 2.75) is 5.41 Å². The third-order valence-electron chi connectivity index (χ3n) is 11.9. The summed E-state index contributed by atoms with van der Waals surface area (Å²) in [6.07, 6.45) is 0. The number of rotatable bonds is 2. The van der Waals surface area contributed by atoms with Crippen molar-refractivity contribution in [2.75, 3.05) is 0 Å². The van der Waals surface area contributed by atoms with Crippen LogP contribution in [-0.4, -0.2) is 0 Å². The minimum absolute atomic E-state index is 0.496. The first-order valence-corrected chi connectivity index (χ1v) is 18.1. The van der Waals surface area contributed by atoms with Crippen LogP contribution in [0, 0.1) is 0 Å². The van der Waals surface area contributed by atoms with Gasteiger partial charge in [-0.15, -0.1) is 0 Å². The minimum atomic E-state index is -0.496. The van der Waals surface area contributed by atoms with Gasteiger partial charge in [-0.2, -0.15) is 0 Å². The van der Waals surface area contributed by atoms with E-state index in [1.165, 1.54) is 98.9 Å². The summed E-state index contributed by atoms with van der Waals surface area (Å²) in [7, 11) is 0. The molecule has 0 fully saturated rings. The van der Waals surface area contributed by atoms with Gasteiger partial charge in [0.15, 0.2) is 0 Å². The van der Waals surface area contributed by atoms with Gasteiger partial charge in [-0.25, -0.2) is 0 Å². The molecule has 1 aromatic heterocycles. The second-order valence-corrected chi connectivity index (χ2v) is 14.3. The SMILES string of the molecule is c1ccc(-c2cc3c4ccccc4c(-c4ccc5c(c4)C4(c6ccccc6-5)c5ccccc5-c5oc6ccccc6c54)cc3c3ccccc23)cc1. The molecule has 0 amide bonds. The molecule has 12 rings (SSSR count). The van der Waals surface area contributed by atoms with Crippen molar-refractivity contribution in [1.29, 1.82) is 0 Å². The number of benzene rings is 9. The molecule has 0 aliphatic heterocycles. The van der Waals surface area contributed by atoms with E-state index >= 15 is 0 Å². The molecule has 2 aliphatic carbocycles. The molecule has 0 bridgehead atoms. The Morgan fingerprint density at radius 1 is 0.308 bits per heavy atom. The number of para-hydroxylation sites is 1. The Morgan fingerprint density at radius 2 is 0.827 bits per heavy atom. The summed E-state index contributed by atoms with van der Waals surface area (Å²) in [4.78, 5) is 0. The molecule has 9 aromatic carbocycles. The van der Waals surface area contributed by atoms with E-state index in [0.717, 1.165) is 11.3 Å². The van der Waals surface area contributed by atoms with Gasteiger partial charge in [0.05, 0.1) is 5.41 Å². The fourth-order valence-electron chi connectivity index (χ4n) is 9.80. The fourth-order valence-corrected chi connectivity index (χ4v) is 9.80. The summed E-state index contributed by atoms with van der Waals surface area (Å²) in [5.74, 6) is 0.988. The standard InChI is InChI=1S/C51H30O/c1-2-14-31(15-3-1)41-29-43-36-19-7-5-17-34(36)42(30-44(43)35-18-6-4-16-33(35)41)32-26-27-38-37-20-8-11-23-45(37)51(47(38)28-32)46-24-12-9-21-39(46)50-49(51)40-22-10-13-25-48(40)52-50/h1-30H. The largest absolute Gasteiger partial charge is 0.456 e. The van der Waals surface area contributed by atoms with Gasteiger partial charge in [-0.3, -0.25) is 0 Å². The Morgan fingerprint density at radius 3 is 1.54 bits per heavy atom. The van der Waals surface area contributed by atoms with E-state index in [0.29, 0.717) is 0 Å². The average molecular weight is 659 g/mol. The molecule has 1 atom stereocenters. The monoisotopic (exact) mass is 658 g/mol. The Bertz CT molecular complexity index is 3130. The molecule has 0 saturated carbocycles. The van der Waals surface area contributed by atoms with Crippen molar-refractivity contribution < 1.29 is 4.42 Å². The molecule has 1 heteroatoms. The van der Waals surface area contributed by atoms with Gasteiger partial charge in [0.25, 0.3) is 0 Å². The molecule has 52 heavy (non-hydrogen) atoms. The number of hydrogen-bond donors (Lipinski definition) is 0. The third kappa shape index (κ3) is 3.48. The van der Waals surface area contributed by atoms with Crippen molar-refractivity contribution in [3.8, 4) is 44.7 Å². The topological polar surface area (TPSA) is 13.1 Å². The second kappa shape index (κ2) is 10.2. The highest BCUT2D eigenvalue weighted by atomic mass is 16.3. The smallest absolute Gasteiger partial charge is 0.140 e. The summed E-state index contributed by atoms with van der Waals surface area (Å²) in [5, 5.41) is 8.81. The highest BCUT2D eigenvalue weighted by molar-refractivity contribution is 6.24. The maximum Gasteiger partial charge on any atom is 0.140 e. The Hall–Kier alpha value is -6.70. The summed E-state index contributed by atoms with van der Waals surface area (Å²) < 4.78 is 6.76. The van der Waals surface area contributed by atoms with E-state index in [2.05, 4.69) is 182 Å². The van der Waals surface area contributed by atoms with Crippen LogP contribution >= 0.6 is 0 Å². The van der Waals surface area contributed by atoms with Crippen molar-refractivity contribution in [2.24, 2.45) is 0 Å². The van der Waals surface area contributed by atoms with E-state index in [9.17, 15) is 0 Å². The molecule has 1 heterocycles. The van der Waals surface area contributed by atoms with Gasteiger partial charge in [-0.05, 0) is 107 Å². The molecule has 1 unspecified atom stereocenters. The van der Waals surface area contributed by atoms with Crippen LogP contribution in [0.1, 0.15) is 22.3 Å². The van der Waals surface area contributed by atoms with E-state index < -0.39 is 5.41 Å². The van der Waals surface area contributed by atoms with Crippen LogP contribution in [0.5, 0.6) is 0 Å². The van der Waals surface area contributed by atoms with Crippen molar-refractivity contribution in [1.82, 2.24) is 0 Å². The predicted octanol–water partition coefficient (Wildman–Crippen LogP) is 13.6. The lowest BCUT2D eigenvalue weighted by Gasteiger charge is -2.30. The Balaban J connectivity index is 1.19. The second-order valence-electron chi connectivity index (χ2n) is 14.3. The molecule has 2 aliphatic rings. The van der Waals surface area contributed by atoms with Gasteiger partial charge in [0.2, 0.25) is 0 Å². The molecule has 0 N–H and O–H groups in total. The first-order valence-electron chi connectivity index (χ1n) is 18.1. The Labute approximate surface area is 301 Å². The summed E-state index contributed by atoms with van der Waals surface area (Å²) >= 11 is 0. The zero-order valence-electron chi connectivity index (χ0n) is 28.2. The quantitative estimate of drug-likeness (QED) is 0.169. The van der Waals surface area contributed by atoms with Crippen LogP contribution in [0.25, 0.3) is 88.0 Å². The molecular weight excluding hydrogens is 629 g/mol. The highest BCUT2D eigenvalue weighted by Gasteiger charge is 2.54. The first-order chi connectivity index (χ1) is 25.8. The van der Waals surface area contributed by atoms with Crippen LogP contribution in [0.15, 0.2) is 186 Å². The molecule has 1 nitrogen and oxygen atoms in total. The van der Waals surface area contributed by atoms with Crippen LogP contribution in [0.4, 0.5) is 0 Å². The average Bonchev–Trinajstić information content (AvgIpc) is 3.84. The normalized spacial score (nSPS) is 15.4. The summed E-state index contributed by atoms with van der Waals surface area (Å²) in [5.41, 5.74) is 14.4. The fraction of sp³-hybridized carbons (Fsp3) is 0.0196. The van der Waals surface area contributed by atoms with Crippen LogP contribution < -0.4 is 0 Å². The number of fused-ring (bicyclic) bond motifs is 17. The van der Waals surface area contributed by atoms with Gasteiger partial charge in [0.1, 0.15) is 11.3 Å². The van der Waals surface area contributed by atoms with E-state index in [4.69, 9.17) is 4.42 Å². The molecule has 1 spiro atoms. The summed E-state index contributed by atoms with van der Waals surface area (Å²) in [6, 6.07) is 67.2. The van der Waals surface area contributed by atoms with Gasteiger partial charge in [0, 0.05) is 16.5 Å². The zero-order chi connectivity index (χ0) is 34.0. The van der Waals surface area contributed by atoms with E-state index in [-0.39, 0.29) is 0 Å². The maximum absolute atomic E-state index is 6.76. The zero-order valence-corrected chi connectivity index (χ0v) is 28.2. The van der Waals surface area contributed by atoms with Gasteiger partial charge >= 0.3 is 0 Å². The molecule has 0 radical (unpaired) electrons. The van der Waals surface area contributed by atoms with Gasteiger partial charge < -0.3 is 4.42 Å². The molecule has 0 saturated heterocycles. The van der Waals surface area contributed by atoms with Crippen molar-refractivity contribution >= 4 is 43.3 Å². The van der Waals surface area contributed by atoms with E-state index in [1.54, 1.807) is 0 Å². The maximum atomic E-state index is 6.76. The lowest BCUT2D eigenvalue weighted by molar-refractivity contribution is 0.628. The lowest BCUT2D eigenvalue weighted by atomic mass is 9.69. The lowest BCUT2D eigenvalue weighted by Crippen LogP contribution is -2.25. The molecule has 240 valence electrons. The van der Waals surface area contributed by atoms with E-state index in [1.807, 2.05) is 0 Å². The number of hydrogen-bond acceptors (Lipinski definition) is 1. The van der Waals surface area contributed by atoms with Crippen LogP contribution in [-0.2, 0) is 5.41 Å². The van der Waals surface area contributed by atoms with Crippen LogP contribution in [0.3, 0.4) is 0 Å². The predicted molar refractivity (Wildman–Crippen MR) is 216 cm³/mol. The third-order valence-corrected chi connectivity index (χ3v) is 11.9. The van der Waals surface area contributed by atoms with Crippen molar-refractivity contribution in [3.05, 3.63) is 204 Å². The highest BCUT2D eigenvalue weighted by Crippen LogP contribution is 2.65. The van der Waals surface area contributed by atoms with Crippen molar-refractivity contribution in [3.63, 3.8) is 0 Å². The minimum Gasteiger partial charge on any atom is -0.456 e. The molecular formula is C51H30O. The first kappa shape index (κ1) is 28.0. The molecule has 10 aromatic rings. The number of furan rings is 1. The Kier molecular flexibility index (Phi) is 5.49. The summed E-state index contributed by atoms with van der Waals surface area (Å²) in [6.45, 7) is 0. The van der Waals surface area contributed by atoms with Crippen LogP contribution in [0.2, 0.25) is 0 Å².